The molecule has 0 saturated heterocycles. The molecule has 1 atom stereocenters. The van der Waals surface area contributed by atoms with Crippen LogP contribution in [0.25, 0.3) is 11.3 Å². The zero-order chi connectivity index (χ0) is 12.5. The fourth-order valence-corrected chi connectivity index (χ4v) is 2.25. The third-order valence-corrected chi connectivity index (χ3v) is 3.21. The molecule has 5 nitrogen and oxygen atoms in total. The number of nitrogens with one attached hydrogen (secondary N) is 2. The minimum atomic E-state index is -0.0525. The summed E-state index contributed by atoms with van der Waals surface area (Å²) < 4.78 is 0. The van der Waals surface area contributed by atoms with E-state index in [1.807, 2.05) is 18.2 Å². The molecule has 0 aliphatic carbocycles. The Morgan fingerprint density at radius 1 is 1.39 bits per heavy atom. The van der Waals surface area contributed by atoms with Crippen molar-refractivity contribution in [1.29, 1.82) is 0 Å². The van der Waals surface area contributed by atoms with E-state index in [1.54, 1.807) is 12.4 Å². The summed E-state index contributed by atoms with van der Waals surface area (Å²) in [6.45, 7) is 0.453. The third-order valence-electron chi connectivity index (χ3n) is 3.21. The van der Waals surface area contributed by atoms with Crippen molar-refractivity contribution in [1.82, 2.24) is 15.3 Å². The van der Waals surface area contributed by atoms with Crippen LogP contribution >= 0.6 is 0 Å². The molecular weight excluding hydrogens is 228 g/mol. The van der Waals surface area contributed by atoms with Crippen molar-refractivity contribution in [2.75, 3.05) is 6.54 Å². The van der Waals surface area contributed by atoms with E-state index in [0.717, 1.165) is 23.4 Å². The fourth-order valence-electron chi connectivity index (χ4n) is 2.25. The topological polar surface area (TPSA) is 83.8 Å². The highest BCUT2D eigenvalue weighted by Gasteiger charge is 2.25. The number of nitrogens with two attached hydrogens (primary N) is 1. The van der Waals surface area contributed by atoms with Crippen LogP contribution in [-0.2, 0) is 6.42 Å². The van der Waals surface area contributed by atoms with Gasteiger partial charge in [-0.3, -0.25) is 9.78 Å². The summed E-state index contributed by atoms with van der Waals surface area (Å²) in [7, 11) is 0. The molecule has 0 bridgehead atoms. The van der Waals surface area contributed by atoms with E-state index in [1.165, 1.54) is 0 Å². The lowest BCUT2D eigenvalue weighted by Crippen LogP contribution is -2.45. The number of H-pyrrole nitrogens is 1. The molecule has 0 aromatic carbocycles. The largest absolute Gasteiger partial charge is 0.358 e. The van der Waals surface area contributed by atoms with Crippen LogP contribution in [0.4, 0.5) is 0 Å². The number of rotatable bonds is 2. The number of pyridine rings is 1. The van der Waals surface area contributed by atoms with Crippen LogP contribution in [0.2, 0.25) is 0 Å². The van der Waals surface area contributed by atoms with Crippen LogP contribution in [0, 0.1) is 0 Å². The molecule has 0 fully saturated rings. The van der Waals surface area contributed by atoms with Gasteiger partial charge in [0, 0.05) is 48.4 Å². The van der Waals surface area contributed by atoms with Crippen LogP contribution in [0.5, 0.6) is 0 Å². The van der Waals surface area contributed by atoms with E-state index in [0.29, 0.717) is 12.1 Å². The Morgan fingerprint density at radius 2 is 2.17 bits per heavy atom. The molecule has 3 rings (SSSR count). The first-order valence-electron chi connectivity index (χ1n) is 5.91. The summed E-state index contributed by atoms with van der Waals surface area (Å²) in [6.07, 6.45) is 4.22. The molecule has 5 heteroatoms. The van der Waals surface area contributed by atoms with E-state index in [4.69, 9.17) is 5.73 Å². The smallest absolute Gasteiger partial charge is 0.253 e. The van der Waals surface area contributed by atoms with Gasteiger partial charge in [0.05, 0.1) is 5.56 Å². The van der Waals surface area contributed by atoms with Gasteiger partial charge in [0.25, 0.3) is 5.91 Å². The zero-order valence-corrected chi connectivity index (χ0v) is 9.81. The molecular formula is C13H14N4O. The lowest BCUT2D eigenvalue weighted by Gasteiger charge is -2.21. The number of carbonyl (C=O) groups excluding carboxylic acids is 1. The Morgan fingerprint density at radius 3 is 2.89 bits per heavy atom. The van der Waals surface area contributed by atoms with Crippen LogP contribution < -0.4 is 11.1 Å². The van der Waals surface area contributed by atoms with E-state index in [2.05, 4.69) is 15.3 Å². The summed E-state index contributed by atoms with van der Waals surface area (Å²) in [6, 6.07) is 5.73. The van der Waals surface area contributed by atoms with Crippen LogP contribution in [-0.4, -0.2) is 28.5 Å². The SMILES string of the molecule is NCC1Cc2[nH]c(-c3ccncc3)cc2C(=O)N1. The highest BCUT2D eigenvalue weighted by molar-refractivity contribution is 5.98. The summed E-state index contributed by atoms with van der Waals surface area (Å²) in [4.78, 5) is 19.2. The number of aromatic amines is 1. The maximum atomic E-state index is 11.9. The predicted octanol–water partition coefficient (Wildman–Crippen LogP) is 0.690. The van der Waals surface area contributed by atoms with Gasteiger partial charge in [-0.25, -0.2) is 0 Å². The summed E-state index contributed by atoms with van der Waals surface area (Å²) in [5.41, 5.74) is 9.24. The number of fused-ring (bicyclic) bond motifs is 1. The van der Waals surface area contributed by atoms with Gasteiger partial charge in [-0.05, 0) is 18.2 Å². The number of hydrogen-bond donors (Lipinski definition) is 3. The van der Waals surface area contributed by atoms with Crippen molar-refractivity contribution in [2.45, 2.75) is 12.5 Å². The number of hydrogen-bond acceptors (Lipinski definition) is 3. The van der Waals surface area contributed by atoms with Gasteiger partial charge in [-0.1, -0.05) is 0 Å². The number of amides is 1. The van der Waals surface area contributed by atoms with E-state index in [9.17, 15) is 4.79 Å². The molecule has 1 aliphatic rings. The Labute approximate surface area is 104 Å². The molecule has 1 unspecified atom stereocenters. The summed E-state index contributed by atoms with van der Waals surface area (Å²) in [5, 5.41) is 2.89. The lowest BCUT2D eigenvalue weighted by molar-refractivity contribution is 0.0926. The van der Waals surface area contributed by atoms with Crippen molar-refractivity contribution in [3.8, 4) is 11.3 Å². The quantitative estimate of drug-likeness (QED) is 0.724. The van der Waals surface area contributed by atoms with Gasteiger partial charge < -0.3 is 16.0 Å². The normalized spacial score (nSPS) is 18.3. The minimum absolute atomic E-state index is 0.0222. The maximum Gasteiger partial charge on any atom is 0.253 e. The second kappa shape index (κ2) is 4.27. The van der Waals surface area contributed by atoms with E-state index >= 15 is 0 Å². The van der Waals surface area contributed by atoms with Gasteiger partial charge in [0.1, 0.15) is 0 Å². The monoisotopic (exact) mass is 242 g/mol. The minimum Gasteiger partial charge on any atom is -0.358 e. The first-order chi connectivity index (χ1) is 8.78. The molecule has 2 aromatic rings. The van der Waals surface area contributed by atoms with Crippen LogP contribution in [0.1, 0.15) is 16.1 Å². The first-order valence-corrected chi connectivity index (χ1v) is 5.91. The Balaban J connectivity index is 2.00. The van der Waals surface area contributed by atoms with E-state index < -0.39 is 0 Å². The summed E-state index contributed by atoms with van der Waals surface area (Å²) >= 11 is 0. The fraction of sp³-hybridized carbons (Fsp3) is 0.231. The summed E-state index contributed by atoms with van der Waals surface area (Å²) in [5.74, 6) is -0.0525. The third kappa shape index (κ3) is 1.78. The molecule has 18 heavy (non-hydrogen) atoms. The Bertz CT molecular complexity index is 576. The second-order valence-corrected chi connectivity index (χ2v) is 4.42. The van der Waals surface area contributed by atoms with E-state index in [-0.39, 0.29) is 11.9 Å². The van der Waals surface area contributed by atoms with Crippen LogP contribution in [0.15, 0.2) is 30.6 Å². The Kier molecular flexibility index (Phi) is 2.60. The lowest BCUT2D eigenvalue weighted by atomic mass is 10.0. The highest BCUT2D eigenvalue weighted by Crippen LogP contribution is 2.24. The molecule has 0 spiro atoms. The molecule has 0 saturated carbocycles. The van der Waals surface area contributed by atoms with Crippen molar-refractivity contribution in [3.05, 3.63) is 41.9 Å². The maximum absolute atomic E-state index is 11.9. The average Bonchev–Trinajstić information content (AvgIpc) is 2.84. The molecule has 92 valence electrons. The number of aromatic nitrogens is 2. The molecule has 0 radical (unpaired) electrons. The first kappa shape index (κ1) is 11.0. The highest BCUT2D eigenvalue weighted by atomic mass is 16.1. The van der Waals surface area contributed by atoms with Crippen molar-refractivity contribution < 1.29 is 4.79 Å². The predicted molar refractivity (Wildman–Crippen MR) is 68.0 cm³/mol. The van der Waals surface area contributed by atoms with Gasteiger partial charge in [0.2, 0.25) is 0 Å². The molecule has 3 heterocycles. The standard InChI is InChI=1S/C13H14N4O/c14-7-9-5-12-10(13(18)16-9)6-11(17-12)8-1-3-15-4-2-8/h1-4,6,9,17H,5,7,14H2,(H,16,18). The van der Waals surface area contributed by atoms with Crippen molar-refractivity contribution >= 4 is 5.91 Å². The van der Waals surface area contributed by atoms with Crippen molar-refractivity contribution in [3.63, 3.8) is 0 Å². The molecule has 1 aliphatic heterocycles. The molecule has 4 N–H and O–H groups in total. The number of carbonyl (C=O) groups is 1. The van der Waals surface area contributed by atoms with Gasteiger partial charge in [-0.2, -0.15) is 0 Å². The van der Waals surface area contributed by atoms with Crippen molar-refractivity contribution in [2.24, 2.45) is 5.73 Å². The second-order valence-electron chi connectivity index (χ2n) is 4.42. The Hall–Kier alpha value is -2.14. The number of nitrogens with zero attached hydrogens (tertiary/aromatic N) is 1. The van der Waals surface area contributed by atoms with Crippen LogP contribution in [0.3, 0.4) is 0 Å². The zero-order valence-electron chi connectivity index (χ0n) is 9.81. The van der Waals surface area contributed by atoms with Gasteiger partial charge in [-0.15, -0.1) is 0 Å². The van der Waals surface area contributed by atoms with Gasteiger partial charge >= 0.3 is 0 Å². The molecule has 1 amide bonds. The average molecular weight is 242 g/mol. The van der Waals surface area contributed by atoms with Gasteiger partial charge in [0.15, 0.2) is 0 Å². The molecule has 2 aromatic heterocycles.